The van der Waals surface area contributed by atoms with Crippen molar-refractivity contribution in [3.63, 3.8) is 0 Å². The highest BCUT2D eigenvalue weighted by Gasteiger charge is 2.36. The molecule has 1 atom stereocenters. The number of para-hydroxylation sites is 1. The van der Waals surface area contributed by atoms with Crippen molar-refractivity contribution in [2.24, 2.45) is 5.10 Å². The second kappa shape index (κ2) is 10.1. The fourth-order valence-electron chi connectivity index (χ4n) is 4.88. The molecule has 2 aromatic heterocycles. The number of amides is 2. The highest BCUT2D eigenvalue weighted by Crippen LogP contribution is 2.34. The zero-order valence-corrected chi connectivity index (χ0v) is 21.4. The van der Waals surface area contributed by atoms with Crippen LogP contribution in [-0.4, -0.2) is 47.6 Å². The number of anilines is 1. The Hall–Kier alpha value is -4.17. The minimum absolute atomic E-state index is 0.0212. The van der Waals surface area contributed by atoms with Gasteiger partial charge in [-0.2, -0.15) is 5.10 Å². The Labute approximate surface area is 215 Å². The van der Waals surface area contributed by atoms with E-state index in [0.29, 0.717) is 23.7 Å². The van der Waals surface area contributed by atoms with E-state index in [4.69, 9.17) is 8.83 Å². The molecule has 1 unspecified atom stereocenters. The van der Waals surface area contributed by atoms with Crippen LogP contribution in [0.3, 0.4) is 0 Å². The van der Waals surface area contributed by atoms with Gasteiger partial charge in [-0.3, -0.25) is 14.5 Å². The molecular formula is C29H30N4O4. The average Bonchev–Trinajstić information content (AvgIpc) is 3.60. The fourth-order valence-corrected chi connectivity index (χ4v) is 4.88. The zero-order chi connectivity index (χ0) is 26.1. The number of benzene rings is 2. The summed E-state index contributed by atoms with van der Waals surface area (Å²) in [6.45, 7) is 6.07. The van der Waals surface area contributed by atoms with Gasteiger partial charge >= 0.3 is 0 Å². The second-order valence-electron chi connectivity index (χ2n) is 9.66. The Balaban J connectivity index is 1.29. The molecule has 1 aliphatic heterocycles. The Morgan fingerprint density at radius 3 is 2.51 bits per heavy atom. The van der Waals surface area contributed by atoms with Crippen LogP contribution in [0, 0.1) is 20.8 Å². The highest BCUT2D eigenvalue weighted by molar-refractivity contribution is 6.03. The van der Waals surface area contributed by atoms with Crippen molar-refractivity contribution in [1.29, 1.82) is 0 Å². The summed E-state index contributed by atoms with van der Waals surface area (Å²) in [4.78, 5) is 27.8. The number of carbonyl (C=O) groups excluding carboxylic acids is 2. The third-order valence-corrected chi connectivity index (χ3v) is 6.51. The molecule has 0 bridgehead atoms. The number of furan rings is 2. The van der Waals surface area contributed by atoms with Crippen LogP contribution in [0.25, 0.3) is 11.0 Å². The summed E-state index contributed by atoms with van der Waals surface area (Å²) in [7, 11) is 1.74. The lowest BCUT2D eigenvalue weighted by molar-refractivity contribution is -0.134. The maximum Gasteiger partial charge on any atom is 0.257 e. The average molecular weight is 499 g/mol. The standard InChI is InChI=1S/C29H30N4O4/c1-18-12-19(2)29(20(3)13-18)30-27(34)16-32(4)17-28(35)33-23(25-10-7-11-36-25)15-22(31-33)26-14-21-8-5-6-9-24(21)37-26/h5-14,23H,15-17H2,1-4H3,(H,30,34). The van der Waals surface area contributed by atoms with Gasteiger partial charge in [0, 0.05) is 17.5 Å². The van der Waals surface area contributed by atoms with Crippen LogP contribution in [0.1, 0.15) is 40.7 Å². The monoisotopic (exact) mass is 498 g/mol. The number of hydrogen-bond donors (Lipinski definition) is 1. The number of carbonyl (C=O) groups is 2. The zero-order valence-electron chi connectivity index (χ0n) is 21.4. The van der Waals surface area contributed by atoms with E-state index >= 15 is 0 Å². The smallest absolute Gasteiger partial charge is 0.257 e. The van der Waals surface area contributed by atoms with Crippen LogP contribution in [-0.2, 0) is 9.59 Å². The molecule has 0 saturated heterocycles. The number of likely N-dealkylation sites (N-methyl/N-ethyl adjacent to an activating group) is 1. The van der Waals surface area contributed by atoms with E-state index < -0.39 is 0 Å². The number of rotatable bonds is 7. The Morgan fingerprint density at radius 1 is 1.05 bits per heavy atom. The Kier molecular flexibility index (Phi) is 6.67. The van der Waals surface area contributed by atoms with E-state index in [1.54, 1.807) is 24.3 Å². The van der Waals surface area contributed by atoms with Gasteiger partial charge in [0.15, 0.2) is 5.76 Å². The first-order chi connectivity index (χ1) is 17.8. The molecule has 1 N–H and O–H groups in total. The van der Waals surface area contributed by atoms with Gasteiger partial charge in [-0.25, -0.2) is 5.01 Å². The number of aryl methyl sites for hydroxylation is 3. The largest absolute Gasteiger partial charge is 0.467 e. The molecule has 5 rings (SSSR count). The van der Waals surface area contributed by atoms with Gasteiger partial charge < -0.3 is 14.2 Å². The van der Waals surface area contributed by atoms with Crippen molar-refractivity contribution in [2.75, 3.05) is 25.5 Å². The van der Waals surface area contributed by atoms with Gasteiger partial charge in [-0.1, -0.05) is 35.9 Å². The van der Waals surface area contributed by atoms with Crippen LogP contribution in [0.4, 0.5) is 5.69 Å². The third-order valence-electron chi connectivity index (χ3n) is 6.51. The lowest BCUT2D eigenvalue weighted by Crippen LogP contribution is -2.39. The Bertz CT molecular complexity index is 1430. The van der Waals surface area contributed by atoms with E-state index in [9.17, 15) is 9.59 Å². The van der Waals surface area contributed by atoms with Gasteiger partial charge in [0.1, 0.15) is 23.1 Å². The molecular weight excluding hydrogens is 468 g/mol. The van der Waals surface area contributed by atoms with Crippen LogP contribution in [0.5, 0.6) is 0 Å². The molecule has 4 aromatic rings. The lowest BCUT2D eigenvalue weighted by Gasteiger charge is -2.23. The molecule has 37 heavy (non-hydrogen) atoms. The molecule has 2 aromatic carbocycles. The highest BCUT2D eigenvalue weighted by atomic mass is 16.3. The Morgan fingerprint density at radius 2 is 1.81 bits per heavy atom. The SMILES string of the molecule is Cc1cc(C)c(NC(=O)CN(C)CC(=O)N2N=C(c3cc4ccccc4o3)CC2c2ccco2)c(C)c1. The molecule has 0 saturated carbocycles. The molecule has 2 amide bonds. The topological polar surface area (TPSA) is 91.3 Å². The van der Waals surface area contributed by atoms with Crippen LogP contribution < -0.4 is 5.32 Å². The summed E-state index contributed by atoms with van der Waals surface area (Å²) in [6, 6.07) is 17.0. The minimum atomic E-state index is -0.384. The maximum absolute atomic E-state index is 13.4. The fraction of sp³-hybridized carbons (Fsp3) is 0.276. The van der Waals surface area contributed by atoms with E-state index in [-0.39, 0.29) is 30.9 Å². The predicted molar refractivity (Wildman–Crippen MR) is 142 cm³/mol. The molecule has 190 valence electrons. The van der Waals surface area contributed by atoms with Crippen LogP contribution in [0.15, 0.2) is 74.8 Å². The first-order valence-electron chi connectivity index (χ1n) is 12.3. The van der Waals surface area contributed by atoms with E-state index in [2.05, 4.69) is 10.4 Å². The van der Waals surface area contributed by atoms with E-state index in [1.165, 1.54) is 5.01 Å². The summed E-state index contributed by atoms with van der Waals surface area (Å²) in [5, 5.41) is 10.1. The van der Waals surface area contributed by atoms with E-state index in [0.717, 1.165) is 33.3 Å². The van der Waals surface area contributed by atoms with Crippen molar-refractivity contribution < 1.29 is 18.4 Å². The third kappa shape index (κ3) is 5.20. The van der Waals surface area contributed by atoms with Gasteiger partial charge in [0.05, 0.1) is 19.4 Å². The van der Waals surface area contributed by atoms with E-state index in [1.807, 2.05) is 69.3 Å². The summed E-state index contributed by atoms with van der Waals surface area (Å²) in [6.07, 6.45) is 2.05. The summed E-state index contributed by atoms with van der Waals surface area (Å²) in [5.74, 6) is 0.866. The van der Waals surface area contributed by atoms with Gasteiger partial charge in [0.25, 0.3) is 5.91 Å². The quantitative estimate of drug-likeness (QED) is 0.378. The van der Waals surface area contributed by atoms with Gasteiger partial charge in [-0.15, -0.1) is 0 Å². The first-order valence-corrected chi connectivity index (χ1v) is 12.3. The first kappa shape index (κ1) is 24.5. The van der Waals surface area contributed by atoms with Crippen molar-refractivity contribution in [3.8, 4) is 0 Å². The number of nitrogens with zero attached hydrogens (tertiary/aromatic N) is 3. The number of nitrogens with one attached hydrogen (secondary N) is 1. The molecule has 8 heteroatoms. The van der Waals surface area contributed by atoms with Crippen molar-refractivity contribution in [1.82, 2.24) is 9.91 Å². The molecule has 3 heterocycles. The summed E-state index contributed by atoms with van der Waals surface area (Å²) < 4.78 is 11.6. The van der Waals surface area contributed by atoms with Crippen LogP contribution in [0.2, 0.25) is 0 Å². The molecule has 0 aliphatic carbocycles. The molecule has 1 aliphatic rings. The van der Waals surface area contributed by atoms with Gasteiger partial charge in [-0.05, 0) is 63.2 Å². The normalized spacial score (nSPS) is 15.4. The molecule has 0 fully saturated rings. The molecule has 8 nitrogen and oxygen atoms in total. The van der Waals surface area contributed by atoms with Crippen molar-refractivity contribution in [2.45, 2.75) is 33.2 Å². The van der Waals surface area contributed by atoms with Crippen molar-refractivity contribution >= 4 is 34.2 Å². The predicted octanol–water partition coefficient (Wildman–Crippen LogP) is 5.20. The summed E-state index contributed by atoms with van der Waals surface area (Å²) in [5.41, 5.74) is 5.43. The van der Waals surface area contributed by atoms with Gasteiger partial charge in [0.2, 0.25) is 5.91 Å². The van der Waals surface area contributed by atoms with Crippen LogP contribution >= 0.6 is 0 Å². The number of hydrogen-bond acceptors (Lipinski definition) is 6. The van der Waals surface area contributed by atoms with Crippen molar-refractivity contribution in [3.05, 3.63) is 89.1 Å². The molecule has 0 radical (unpaired) electrons. The lowest BCUT2D eigenvalue weighted by atomic mass is 10.1. The second-order valence-corrected chi connectivity index (χ2v) is 9.66. The maximum atomic E-state index is 13.4. The minimum Gasteiger partial charge on any atom is -0.467 e. The molecule has 0 spiro atoms. The summed E-state index contributed by atoms with van der Waals surface area (Å²) >= 11 is 0. The number of fused-ring (bicyclic) bond motifs is 1. The number of hydrazone groups is 1.